The summed E-state index contributed by atoms with van der Waals surface area (Å²) >= 11 is 0. The van der Waals surface area contributed by atoms with Crippen LogP contribution in [-0.4, -0.2) is 41.6 Å². The average molecular weight is 218 g/mol. The van der Waals surface area contributed by atoms with Gasteiger partial charge in [-0.15, -0.1) is 0 Å². The van der Waals surface area contributed by atoms with E-state index in [9.17, 15) is 4.79 Å². The van der Waals surface area contributed by atoms with Crippen molar-refractivity contribution in [1.29, 1.82) is 0 Å². The number of rotatable bonds is 3. The number of aromatic nitrogens is 2. The van der Waals surface area contributed by atoms with Gasteiger partial charge in [0.15, 0.2) is 0 Å². The molecular formula is C11H14N4O. The lowest BCUT2D eigenvalue weighted by Crippen LogP contribution is -2.27. The Morgan fingerprint density at radius 3 is 3.06 bits per heavy atom. The zero-order valence-electron chi connectivity index (χ0n) is 9.32. The summed E-state index contributed by atoms with van der Waals surface area (Å²) in [6, 6.07) is 5.67. The van der Waals surface area contributed by atoms with Crippen LogP contribution in [0.4, 0.5) is 5.69 Å². The number of carbonyl (C=O) groups is 1. The summed E-state index contributed by atoms with van der Waals surface area (Å²) in [6.45, 7) is 0.369. The summed E-state index contributed by atoms with van der Waals surface area (Å²) < 4.78 is 0. The number of fused-ring (bicyclic) bond motifs is 1. The van der Waals surface area contributed by atoms with Crippen LogP contribution in [0.2, 0.25) is 0 Å². The van der Waals surface area contributed by atoms with Gasteiger partial charge < -0.3 is 10.2 Å². The largest absolute Gasteiger partial charge is 0.324 e. The molecule has 5 heteroatoms. The van der Waals surface area contributed by atoms with Gasteiger partial charge in [0, 0.05) is 5.39 Å². The first-order valence-corrected chi connectivity index (χ1v) is 5.03. The third-order valence-corrected chi connectivity index (χ3v) is 2.22. The second-order valence-electron chi connectivity index (χ2n) is 3.92. The summed E-state index contributed by atoms with van der Waals surface area (Å²) in [4.78, 5) is 13.4. The molecule has 0 atom stereocenters. The third kappa shape index (κ3) is 2.20. The van der Waals surface area contributed by atoms with Crippen molar-refractivity contribution < 1.29 is 4.79 Å². The highest BCUT2D eigenvalue weighted by Gasteiger charge is 2.07. The molecule has 0 bridgehead atoms. The lowest BCUT2D eigenvalue weighted by atomic mass is 10.2. The zero-order valence-corrected chi connectivity index (χ0v) is 9.32. The Morgan fingerprint density at radius 1 is 1.50 bits per heavy atom. The highest BCUT2D eigenvalue weighted by molar-refractivity contribution is 6.01. The number of hydrogen-bond acceptors (Lipinski definition) is 3. The number of nitrogens with one attached hydrogen (secondary N) is 2. The van der Waals surface area contributed by atoms with Crippen LogP contribution in [0, 0.1) is 0 Å². The van der Waals surface area contributed by atoms with Crippen molar-refractivity contribution in [3.63, 3.8) is 0 Å². The second kappa shape index (κ2) is 4.32. The predicted octanol–water partition coefficient (Wildman–Crippen LogP) is 1.06. The lowest BCUT2D eigenvalue weighted by Gasteiger charge is -2.10. The minimum atomic E-state index is -0.0290. The van der Waals surface area contributed by atoms with Gasteiger partial charge in [-0.1, -0.05) is 6.07 Å². The monoisotopic (exact) mass is 218 g/mol. The number of H-pyrrole nitrogens is 1. The van der Waals surface area contributed by atoms with Crippen LogP contribution in [0.15, 0.2) is 24.4 Å². The fourth-order valence-corrected chi connectivity index (χ4v) is 1.55. The van der Waals surface area contributed by atoms with Gasteiger partial charge in [-0.3, -0.25) is 9.89 Å². The van der Waals surface area contributed by atoms with Gasteiger partial charge in [-0.05, 0) is 26.2 Å². The molecule has 5 nitrogen and oxygen atoms in total. The number of anilines is 1. The number of amides is 1. The Kier molecular flexibility index (Phi) is 2.87. The zero-order chi connectivity index (χ0) is 11.5. The van der Waals surface area contributed by atoms with Crippen molar-refractivity contribution in [2.75, 3.05) is 26.0 Å². The summed E-state index contributed by atoms with van der Waals surface area (Å²) in [6.07, 6.45) is 1.71. The van der Waals surface area contributed by atoms with E-state index < -0.39 is 0 Å². The van der Waals surface area contributed by atoms with E-state index in [2.05, 4.69) is 15.5 Å². The van der Waals surface area contributed by atoms with Crippen molar-refractivity contribution in [1.82, 2.24) is 15.1 Å². The molecule has 1 heterocycles. The highest BCUT2D eigenvalue weighted by Crippen LogP contribution is 2.20. The molecule has 16 heavy (non-hydrogen) atoms. The van der Waals surface area contributed by atoms with Crippen LogP contribution < -0.4 is 5.32 Å². The van der Waals surface area contributed by atoms with Gasteiger partial charge >= 0.3 is 0 Å². The Labute approximate surface area is 93.4 Å². The molecular weight excluding hydrogens is 204 g/mol. The van der Waals surface area contributed by atoms with E-state index in [4.69, 9.17) is 0 Å². The smallest absolute Gasteiger partial charge is 0.238 e. The SMILES string of the molecule is CN(C)CC(=O)Nc1cccc2[nH]ncc12. The quantitative estimate of drug-likeness (QED) is 0.810. The summed E-state index contributed by atoms with van der Waals surface area (Å²) in [7, 11) is 3.72. The molecule has 0 spiro atoms. The maximum absolute atomic E-state index is 11.6. The molecule has 84 valence electrons. The molecule has 0 aliphatic carbocycles. The van der Waals surface area contributed by atoms with Gasteiger partial charge in [-0.2, -0.15) is 5.10 Å². The number of nitrogens with zero attached hydrogens (tertiary/aromatic N) is 2. The first kappa shape index (κ1) is 10.6. The van der Waals surface area contributed by atoms with E-state index in [-0.39, 0.29) is 5.91 Å². The standard InChI is InChI=1S/C11H14N4O/c1-15(2)7-11(16)13-9-4-3-5-10-8(9)6-12-14-10/h3-6H,7H2,1-2H3,(H,12,14)(H,13,16). The van der Waals surface area contributed by atoms with Gasteiger partial charge in [0.25, 0.3) is 0 Å². The minimum absolute atomic E-state index is 0.0290. The molecule has 2 aromatic rings. The number of hydrogen-bond donors (Lipinski definition) is 2. The summed E-state index contributed by atoms with van der Waals surface area (Å²) in [5.41, 5.74) is 1.71. The van der Waals surface area contributed by atoms with E-state index in [1.807, 2.05) is 37.2 Å². The normalized spacial score (nSPS) is 10.9. The van der Waals surface area contributed by atoms with Crippen LogP contribution in [0.25, 0.3) is 10.9 Å². The molecule has 1 aromatic heterocycles. The van der Waals surface area contributed by atoms with Crippen molar-refractivity contribution >= 4 is 22.5 Å². The number of likely N-dealkylation sites (N-methyl/N-ethyl adjacent to an activating group) is 1. The van der Waals surface area contributed by atoms with Crippen LogP contribution in [0.3, 0.4) is 0 Å². The van der Waals surface area contributed by atoms with Crippen LogP contribution in [0.1, 0.15) is 0 Å². The molecule has 0 fully saturated rings. The van der Waals surface area contributed by atoms with Crippen molar-refractivity contribution in [3.05, 3.63) is 24.4 Å². The third-order valence-electron chi connectivity index (χ3n) is 2.22. The first-order valence-electron chi connectivity index (χ1n) is 5.03. The molecule has 0 aliphatic rings. The van der Waals surface area contributed by atoms with Crippen LogP contribution in [0.5, 0.6) is 0 Å². The van der Waals surface area contributed by atoms with Gasteiger partial charge in [-0.25, -0.2) is 0 Å². The highest BCUT2D eigenvalue weighted by atomic mass is 16.2. The predicted molar refractivity (Wildman–Crippen MR) is 63.3 cm³/mol. The van der Waals surface area contributed by atoms with E-state index in [0.29, 0.717) is 6.54 Å². The molecule has 2 N–H and O–H groups in total. The average Bonchev–Trinajstić information content (AvgIpc) is 2.65. The van der Waals surface area contributed by atoms with Crippen LogP contribution in [-0.2, 0) is 4.79 Å². The Bertz CT molecular complexity index is 503. The lowest BCUT2D eigenvalue weighted by molar-refractivity contribution is -0.116. The molecule has 0 radical (unpaired) electrons. The molecule has 0 saturated heterocycles. The van der Waals surface area contributed by atoms with E-state index >= 15 is 0 Å². The van der Waals surface area contributed by atoms with E-state index in [1.165, 1.54) is 0 Å². The fraction of sp³-hybridized carbons (Fsp3) is 0.273. The molecule has 0 aliphatic heterocycles. The summed E-state index contributed by atoms with van der Waals surface area (Å²) in [5.74, 6) is -0.0290. The summed E-state index contributed by atoms with van der Waals surface area (Å²) in [5, 5.41) is 10.6. The molecule has 0 unspecified atom stereocenters. The van der Waals surface area contributed by atoms with Gasteiger partial charge in [0.2, 0.25) is 5.91 Å². The number of carbonyl (C=O) groups excluding carboxylic acids is 1. The van der Waals surface area contributed by atoms with E-state index in [1.54, 1.807) is 6.20 Å². The Balaban J connectivity index is 2.20. The second-order valence-corrected chi connectivity index (χ2v) is 3.92. The van der Waals surface area contributed by atoms with Crippen molar-refractivity contribution in [3.8, 4) is 0 Å². The van der Waals surface area contributed by atoms with Crippen LogP contribution >= 0.6 is 0 Å². The van der Waals surface area contributed by atoms with E-state index in [0.717, 1.165) is 16.6 Å². The molecule has 2 rings (SSSR count). The topological polar surface area (TPSA) is 61.0 Å². The van der Waals surface area contributed by atoms with Gasteiger partial charge in [0.05, 0.1) is 23.9 Å². The first-order chi connectivity index (χ1) is 7.66. The maximum atomic E-state index is 11.6. The number of benzene rings is 1. The number of aromatic amines is 1. The Morgan fingerprint density at radius 2 is 2.31 bits per heavy atom. The molecule has 1 aromatic carbocycles. The molecule has 0 saturated carbocycles. The fourth-order valence-electron chi connectivity index (χ4n) is 1.55. The maximum Gasteiger partial charge on any atom is 0.238 e. The molecule has 1 amide bonds. The van der Waals surface area contributed by atoms with Crippen molar-refractivity contribution in [2.45, 2.75) is 0 Å². The van der Waals surface area contributed by atoms with Crippen molar-refractivity contribution in [2.24, 2.45) is 0 Å². The Hall–Kier alpha value is -1.88. The van der Waals surface area contributed by atoms with Gasteiger partial charge in [0.1, 0.15) is 0 Å². The minimum Gasteiger partial charge on any atom is -0.324 e.